The predicted octanol–water partition coefficient (Wildman–Crippen LogP) is 2.99. The molecule has 2 aromatic rings. The Bertz CT molecular complexity index is 820. The van der Waals surface area contributed by atoms with Gasteiger partial charge in [-0.15, -0.1) is 0 Å². The van der Waals surface area contributed by atoms with Crippen LogP contribution in [0.15, 0.2) is 53.4 Å². The molecule has 134 valence electrons. The fourth-order valence-corrected chi connectivity index (χ4v) is 4.20. The van der Waals surface area contributed by atoms with Gasteiger partial charge in [0.2, 0.25) is 10.0 Å². The lowest BCUT2D eigenvalue weighted by atomic mass is 10.1. The summed E-state index contributed by atoms with van der Waals surface area (Å²) in [6.45, 7) is 2.05. The topological polar surface area (TPSA) is 72.5 Å². The molecule has 0 unspecified atom stereocenters. The molecule has 25 heavy (non-hydrogen) atoms. The predicted molar refractivity (Wildman–Crippen MR) is 100 cm³/mol. The summed E-state index contributed by atoms with van der Waals surface area (Å²) >= 11 is 1.66. The SMILES string of the molecule is COC(=O)c1cc(S(=O)(=O)NCCSCc2ccccc2)ccc1C. The minimum absolute atomic E-state index is 0.0616. The van der Waals surface area contributed by atoms with Gasteiger partial charge in [-0.3, -0.25) is 0 Å². The van der Waals surface area contributed by atoms with Crippen LogP contribution in [-0.2, 0) is 20.5 Å². The minimum atomic E-state index is -3.66. The maximum Gasteiger partial charge on any atom is 0.338 e. The van der Waals surface area contributed by atoms with Crippen molar-refractivity contribution in [3.63, 3.8) is 0 Å². The van der Waals surface area contributed by atoms with Crippen molar-refractivity contribution >= 4 is 27.8 Å². The van der Waals surface area contributed by atoms with Gasteiger partial charge < -0.3 is 4.74 Å². The zero-order valence-electron chi connectivity index (χ0n) is 14.2. The first-order chi connectivity index (χ1) is 11.9. The molecule has 0 saturated carbocycles. The molecule has 0 aromatic heterocycles. The zero-order chi connectivity index (χ0) is 18.3. The second kappa shape index (κ2) is 9.03. The summed E-state index contributed by atoms with van der Waals surface area (Å²) in [5.41, 5.74) is 2.13. The van der Waals surface area contributed by atoms with Crippen molar-refractivity contribution in [1.82, 2.24) is 4.72 Å². The van der Waals surface area contributed by atoms with Gasteiger partial charge in [0, 0.05) is 18.1 Å². The Labute approximate surface area is 152 Å². The Morgan fingerprint density at radius 1 is 1.16 bits per heavy atom. The Morgan fingerprint density at radius 3 is 2.56 bits per heavy atom. The molecule has 0 aliphatic carbocycles. The molecular weight excluding hydrogens is 358 g/mol. The van der Waals surface area contributed by atoms with Crippen LogP contribution in [0.1, 0.15) is 21.5 Å². The molecule has 1 N–H and O–H groups in total. The summed E-state index contributed by atoms with van der Waals surface area (Å²) < 4.78 is 32.0. The fraction of sp³-hybridized carbons (Fsp3) is 0.278. The van der Waals surface area contributed by atoms with Crippen LogP contribution in [0.25, 0.3) is 0 Å². The highest BCUT2D eigenvalue weighted by Gasteiger charge is 2.17. The largest absolute Gasteiger partial charge is 0.465 e. The standard InChI is InChI=1S/C18H21NO4S2/c1-14-8-9-16(12-17(14)18(20)23-2)25(21,22)19-10-11-24-13-15-6-4-3-5-7-15/h3-9,12,19H,10-11,13H2,1-2H3. The van der Waals surface area contributed by atoms with Gasteiger partial charge in [-0.1, -0.05) is 36.4 Å². The molecule has 0 spiro atoms. The molecule has 0 saturated heterocycles. The third-order valence-corrected chi connectivity index (χ3v) is 6.06. The molecule has 0 bridgehead atoms. The van der Waals surface area contributed by atoms with E-state index in [1.54, 1.807) is 24.8 Å². The normalized spacial score (nSPS) is 11.3. The number of esters is 1. The van der Waals surface area contributed by atoms with Gasteiger partial charge in [-0.25, -0.2) is 17.9 Å². The van der Waals surface area contributed by atoms with Crippen molar-refractivity contribution in [1.29, 1.82) is 0 Å². The molecule has 2 aromatic carbocycles. The Hall–Kier alpha value is -1.83. The van der Waals surface area contributed by atoms with Gasteiger partial charge in [0.15, 0.2) is 0 Å². The second-order valence-electron chi connectivity index (χ2n) is 5.40. The van der Waals surface area contributed by atoms with E-state index in [2.05, 4.69) is 9.46 Å². The lowest BCUT2D eigenvalue weighted by Crippen LogP contribution is -2.26. The summed E-state index contributed by atoms with van der Waals surface area (Å²) in [4.78, 5) is 11.8. The maximum atomic E-state index is 12.4. The second-order valence-corrected chi connectivity index (χ2v) is 8.28. The molecule has 7 heteroatoms. The number of carbonyl (C=O) groups excluding carboxylic acids is 1. The van der Waals surface area contributed by atoms with Gasteiger partial charge in [-0.2, -0.15) is 11.8 Å². The average molecular weight is 380 g/mol. The Kier molecular flexibility index (Phi) is 7.04. The van der Waals surface area contributed by atoms with E-state index in [4.69, 9.17) is 0 Å². The van der Waals surface area contributed by atoms with Gasteiger partial charge in [0.05, 0.1) is 17.6 Å². The van der Waals surface area contributed by atoms with Crippen LogP contribution in [-0.4, -0.2) is 33.8 Å². The molecule has 0 aliphatic heterocycles. The van der Waals surface area contributed by atoms with Crippen LogP contribution in [0.2, 0.25) is 0 Å². The number of rotatable bonds is 8. The molecule has 0 aliphatic rings. The van der Waals surface area contributed by atoms with Gasteiger partial charge in [0.25, 0.3) is 0 Å². The molecule has 0 atom stereocenters. The molecular formula is C18H21NO4S2. The van der Waals surface area contributed by atoms with E-state index in [0.717, 1.165) is 5.75 Å². The number of benzene rings is 2. The van der Waals surface area contributed by atoms with E-state index in [-0.39, 0.29) is 10.5 Å². The summed E-state index contributed by atoms with van der Waals surface area (Å²) in [5.74, 6) is 0.941. The van der Waals surface area contributed by atoms with Crippen LogP contribution in [0.4, 0.5) is 0 Å². The van der Waals surface area contributed by atoms with Crippen molar-refractivity contribution in [2.75, 3.05) is 19.4 Å². The zero-order valence-corrected chi connectivity index (χ0v) is 15.8. The number of sulfonamides is 1. The highest BCUT2D eigenvalue weighted by atomic mass is 32.2. The lowest BCUT2D eigenvalue weighted by molar-refractivity contribution is 0.0599. The van der Waals surface area contributed by atoms with Crippen molar-refractivity contribution in [3.05, 3.63) is 65.2 Å². The van der Waals surface area contributed by atoms with E-state index >= 15 is 0 Å². The summed E-state index contributed by atoms with van der Waals surface area (Å²) in [6.07, 6.45) is 0. The maximum absolute atomic E-state index is 12.4. The Morgan fingerprint density at radius 2 is 1.88 bits per heavy atom. The highest BCUT2D eigenvalue weighted by molar-refractivity contribution is 7.98. The molecule has 5 nitrogen and oxygen atoms in total. The molecule has 0 amide bonds. The quantitative estimate of drug-likeness (QED) is 0.564. The van der Waals surface area contributed by atoms with Crippen molar-refractivity contribution in [2.24, 2.45) is 0 Å². The minimum Gasteiger partial charge on any atom is -0.465 e. The number of ether oxygens (including phenoxy) is 1. The number of methoxy groups -OCH3 is 1. The number of hydrogen-bond donors (Lipinski definition) is 1. The van der Waals surface area contributed by atoms with Crippen LogP contribution >= 0.6 is 11.8 Å². The fourth-order valence-electron chi connectivity index (χ4n) is 2.19. The summed E-state index contributed by atoms with van der Waals surface area (Å²) in [7, 11) is -2.39. The molecule has 0 radical (unpaired) electrons. The van der Waals surface area contributed by atoms with Gasteiger partial charge in [-0.05, 0) is 30.2 Å². The first-order valence-corrected chi connectivity index (χ1v) is 10.4. The lowest BCUT2D eigenvalue weighted by Gasteiger charge is -2.09. The third-order valence-electron chi connectivity index (χ3n) is 3.57. The van der Waals surface area contributed by atoms with Crippen LogP contribution in [0.5, 0.6) is 0 Å². The smallest absolute Gasteiger partial charge is 0.338 e. The van der Waals surface area contributed by atoms with Crippen molar-refractivity contribution < 1.29 is 17.9 Å². The van der Waals surface area contributed by atoms with E-state index in [1.165, 1.54) is 24.8 Å². The monoisotopic (exact) mass is 379 g/mol. The van der Waals surface area contributed by atoms with Crippen molar-refractivity contribution in [3.8, 4) is 0 Å². The number of thioether (sulfide) groups is 1. The van der Waals surface area contributed by atoms with Gasteiger partial charge >= 0.3 is 5.97 Å². The number of nitrogens with one attached hydrogen (secondary N) is 1. The first kappa shape index (κ1) is 19.5. The molecule has 0 heterocycles. The van der Waals surface area contributed by atoms with E-state index in [1.807, 2.05) is 30.3 Å². The summed E-state index contributed by atoms with van der Waals surface area (Å²) in [5, 5.41) is 0. The molecule has 0 fully saturated rings. The number of hydrogen-bond acceptors (Lipinski definition) is 5. The van der Waals surface area contributed by atoms with Gasteiger partial charge in [0.1, 0.15) is 0 Å². The van der Waals surface area contributed by atoms with Crippen molar-refractivity contribution in [2.45, 2.75) is 17.6 Å². The molecule has 2 rings (SSSR count). The average Bonchev–Trinajstić information content (AvgIpc) is 2.61. The summed E-state index contributed by atoms with van der Waals surface area (Å²) in [6, 6.07) is 14.4. The third kappa shape index (κ3) is 5.59. The highest BCUT2D eigenvalue weighted by Crippen LogP contribution is 2.17. The van der Waals surface area contributed by atoms with E-state index in [0.29, 0.717) is 17.9 Å². The Balaban J connectivity index is 1.92. The number of aryl methyl sites for hydroxylation is 1. The first-order valence-electron chi connectivity index (χ1n) is 7.74. The van der Waals surface area contributed by atoms with Crippen LogP contribution in [0.3, 0.4) is 0 Å². The number of carbonyl (C=O) groups is 1. The van der Waals surface area contributed by atoms with E-state index < -0.39 is 16.0 Å². The van der Waals surface area contributed by atoms with Crippen LogP contribution < -0.4 is 4.72 Å². The van der Waals surface area contributed by atoms with E-state index in [9.17, 15) is 13.2 Å². The van der Waals surface area contributed by atoms with Crippen LogP contribution in [0, 0.1) is 6.92 Å².